The Kier molecular flexibility index (Phi) is 3.82. The first-order chi connectivity index (χ1) is 9.08. The van der Waals surface area contributed by atoms with Crippen LogP contribution in [0.15, 0.2) is 30.6 Å². The van der Waals surface area contributed by atoms with Crippen LogP contribution in [0.3, 0.4) is 0 Å². The number of carbonyl (C=O) groups excluding carboxylic acids is 1. The number of methoxy groups -OCH3 is 1. The zero-order valence-corrected chi connectivity index (χ0v) is 10.8. The van der Waals surface area contributed by atoms with Crippen molar-refractivity contribution in [2.45, 2.75) is 0 Å². The van der Waals surface area contributed by atoms with Gasteiger partial charge in [0.1, 0.15) is 23.0 Å². The molecule has 0 saturated heterocycles. The summed E-state index contributed by atoms with van der Waals surface area (Å²) in [5.41, 5.74) is 6.49. The third kappa shape index (κ3) is 3.32. The number of hydrogen-bond acceptors (Lipinski definition) is 5. The summed E-state index contributed by atoms with van der Waals surface area (Å²) < 4.78 is 5.05. The number of aromatic nitrogens is 2. The van der Waals surface area contributed by atoms with Gasteiger partial charge in [-0.1, -0.05) is 11.6 Å². The van der Waals surface area contributed by atoms with Crippen molar-refractivity contribution in [1.29, 1.82) is 0 Å². The van der Waals surface area contributed by atoms with Gasteiger partial charge in [-0.05, 0) is 12.1 Å². The summed E-state index contributed by atoms with van der Waals surface area (Å²) in [7, 11) is 1.50. The number of nitrogens with two attached hydrogens (primary N) is 1. The third-order valence-corrected chi connectivity index (χ3v) is 2.51. The van der Waals surface area contributed by atoms with E-state index < -0.39 is 0 Å². The highest BCUT2D eigenvalue weighted by atomic mass is 35.5. The highest BCUT2D eigenvalue weighted by molar-refractivity contribution is 6.29. The number of halogens is 1. The Morgan fingerprint density at radius 3 is 2.79 bits per heavy atom. The second-order valence-electron chi connectivity index (χ2n) is 3.67. The summed E-state index contributed by atoms with van der Waals surface area (Å²) in [6, 6.07) is 6.19. The molecule has 0 saturated carbocycles. The Hall–Kier alpha value is -2.34. The average molecular weight is 279 g/mol. The Morgan fingerprint density at radius 1 is 1.32 bits per heavy atom. The summed E-state index contributed by atoms with van der Waals surface area (Å²) in [4.78, 5) is 19.6. The Balaban J connectivity index is 2.22. The van der Waals surface area contributed by atoms with E-state index in [1.807, 2.05) is 0 Å². The van der Waals surface area contributed by atoms with Gasteiger partial charge in [0.15, 0.2) is 0 Å². The number of nitrogens with one attached hydrogen (secondary N) is 1. The number of nitrogens with zero attached hydrogens (tertiary/aromatic N) is 2. The van der Waals surface area contributed by atoms with Crippen LogP contribution in [0.1, 0.15) is 10.4 Å². The molecule has 0 aliphatic heterocycles. The van der Waals surface area contributed by atoms with E-state index in [1.54, 1.807) is 18.2 Å². The van der Waals surface area contributed by atoms with Gasteiger partial charge in [-0.25, -0.2) is 9.97 Å². The lowest BCUT2D eigenvalue weighted by Gasteiger charge is -2.07. The number of hydrogen-bond donors (Lipinski definition) is 2. The van der Waals surface area contributed by atoms with Gasteiger partial charge in [0.05, 0.1) is 7.11 Å². The van der Waals surface area contributed by atoms with Gasteiger partial charge in [-0.2, -0.15) is 0 Å². The Labute approximate surface area is 114 Å². The van der Waals surface area contributed by atoms with E-state index in [-0.39, 0.29) is 11.1 Å². The third-order valence-electron chi connectivity index (χ3n) is 2.30. The minimum atomic E-state index is -0.361. The van der Waals surface area contributed by atoms with Gasteiger partial charge in [-0.15, -0.1) is 0 Å². The molecule has 0 radical (unpaired) electrons. The Bertz CT molecular complexity index is 618. The van der Waals surface area contributed by atoms with Gasteiger partial charge < -0.3 is 15.8 Å². The van der Waals surface area contributed by atoms with Crippen molar-refractivity contribution >= 4 is 29.0 Å². The highest BCUT2D eigenvalue weighted by Gasteiger charge is 2.09. The van der Waals surface area contributed by atoms with Crippen LogP contribution >= 0.6 is 11.6 Å². The summed E-state index contributed by atoms with van der Waals surface area (Å²) in [5, 5.41) is 2.84. The molecule has 0 bridgehead atoms. The molecular formula is C12H11ClN4O2. The lowest BCUT2D eigenvalue weighted by Crippen LogP contribution is -2.13. The zero-order valence-electron chi connectivity index (χ0n) is 10.1. The molecule has 6 nitrogen and oxygen atoms in total. The quantitative estimate of drug-likeness (QED) is 0.662. The molecule has 0 spiro atoms. The van der Waals surface area contributed by atoms with Crippen molar-refractivity contribution in [3.8, 4) is 5.75 Å². The van der Waals surface area contributed by atoms with Gasteiger partial charge in [0, 0.05) is 23.4 Å². The molecule has 1 aromatic carbocycles. The predicted molar refractivity (Wildman–Crippen MR) is 72.4 cm³/mol. The van der Waals surface area contributed by atoms with E-state index in [2.05, 4.69) is 15.3 Å². The topological polar surface area (TPSA) is 90.1 Å². The first kappa shape index (κ1) is 13.1. The van der Waals surface area contributed by atoms with Crippen LogP contribution in [0.2, 0.25) is 5.15 Å². The normalized spacial score (nSPS) is 10.0. The molecule has 7 heteroatoms. The fourth-order valence-electron chi connectivity index (χ4n) is 1.46. The first-order valence-corrected chi connectivity index (χ1v) is 5.70. The molecule has 3 N–H and O–H groups in total. The Morgan fingerprint density at radius 2 is 2.11 bits per heavy atom. The van der Waals surface area contributed by atoms with Crippen molar-refractivity contribution in [1.82, 2.24) is 9.97 Å². The van der Waals surface area contributed by atoms with Crippen LogP contribution in [0.5, 0.6) is 5.75 Å². The largest absolute Gasteiger partial charge is 0.497 e. The molecule has 98 valence electrons. The van der Waals surface area contributed by atoms with E-state index in [9.17, 15) is 4.79 Å². The van der Waals surface area contributed by atoms with Crippen molar-refractivity contribution in [2.75, 3.05) is 18.2 Å². The zero-order chi connectivity index (χ0) is 13.8. The summed E-state index contributed by atoms with van der Waals surface area (Å²) in [6.45, 7) is 0. The molecular weight excluding hydrogens is 268 g/mol. The van der Waals surface area contributed by atoms with E-state index in [0.29, 0.717) is 22.8 Å². The molecule has 0 aliphatic carbocycles. The van der Waals surface area contributed by atoms with Crippen molar-refractivity contribution < 1.29 is 9.53 Å². The first-order valence-electron chi connectivity index (χ1n) is 5.32. The lowest BCUT2D eigenvalue weighted by molar-refractivity contribution is 0.102. The molecule has 1 heterocycles. The molecule has 0 aliphatic rings. The number of anilines is 2. The van der Waals surface area contributed by atoms with Crippen LogP contribution in [0.4, 0.5) is 11.5 Å². The number of rotatable bonds is 3. The molecule has 0 atom stereocenters. The summed E-state index contributed by atoms with van der Waals surface area (Å²) in [5.74, 6) is 0.456. The number of ether oxygens (including phenoxy) is 1. The van der Waals surface area contributed by atoms with E-state index in [1.165, 1.54) is 19.5 Å². The van der Waals surface area contributed by atoms with Gasteiger partial charge >= 0.3 is 0 Å². The van der Waals surface area contributed by atoms with Crippen LogP contribution < -0.4 is 15.8 Å². The average Bonchev–Trinajstić information content (AvgIpc) is 2.38. The van der Waals surface area contributed by atoms with Gasteiger partial charge in [0.25, 0.3) is 5.91 Å². The minimum absolute atomic E-state index is 0.246. The predicted octanol–water partition coefficient (Wildman–Crippen LogP) is 1.97. The van der Waals surface area contributed by atoms with Crippen molar-refractivity contribution in [3.63, 3.8) is 0 Å². The van der Waals surface area contributed by atoms with Crippen molar-refractivity contribution in [2.24, 2.45) is 0 Å². The van der Waals surface area contributed by atoms with Crippen LogP contribution in [0, 0.1) is 0 Å². The van der Waals surface area contributed by atoms with E-state index in [0.717, 1.165) is 0 Å². The number of amides is 1. The summed E-state index contributed by atoms with van der Waals surface area (Å²) in [6.07, 6.45) is 1.26. The molecule has 0 fully saturated rings. The molecule has 1 amide bonds. The second-order valence-corrected chi connectivity index (χ2v) is 4.06. The van der Waals surface area contributed by atoms with Gasteiger partial charge in [-0.3, -0.25) is 4.79 Å². The number of nitrogen functional groups attached to an aromatic ring is 1. The standard InChI is InChI=1S/C12H11ClN4O2/c1-19-9-3-7(2-8(14)4-9)12(18)17-11-5-10(13)15-6-16-11/h2-6H,14H2,1H3,(H,15,16,17,18). The lowest BCUT2D eigenvalue weighted by atomic mass is 10.2. The highest BCUT2D eigenvalue weighted by Crippen LogP contribution is 2.19. The summed E-state index contributed by atoms with van der Waals surface area (Å²) >= 11 is 5.70. The van der Waals surface area contributed by atoms with Crippen LogP contribution in [-0.4, -0.2) is 23.0 Å². The van der Waals surface area contributed by atoms with Crippen molar-refractivity contribution in [3.05, 3.63) is 41.3 Å². The maximum atomic E-state index is 12.0. The fraction of sp³-hybridized carbons (Fsp3) is 0.0833. The minimum Gasteiger partial charge on any atom is -0.497 e. The second kappa shape index (κ2) is 5.53. The van der Waals surface area contributed by atoms with Gasteiger partial charge in [0.2, 0.25) is 0 Å². The van der Waals surface area contributed by atoms with Crippen LogP contribution in [-0.2, 0) is 0 Å². The molecule has 0 unspecified atom stereocenters. The number of benzene rings is 1. The monoisotopic (exact) mass is 278 g/mol. The van der Waals surface area contributed by atoms with E-state index >= 15 is 0 Å². The van der Waals surface area contributed by atoms with Crippen LogP contribution in [0.25, 0.3) is 0 Å². The SMILES string of the molecule is COc1cc(N)cc(C(=O)Nc2cc(Cl)ncn2)c1. The number of carbonyl (C=O) groups is 1. The maximum absolute atomic E-state index is 12.0. The maximum Gasteiger partial charge on any atom is 0.257 e. The molecule has 2 rings (SSSR count). The molecule has 2 aromatic rings. The smallest absolute Gasteiger partial charge is 0.257 e. The molecule has 1 aromatic heterocycles. The molecule has 19 heavy (non-hydrogen) atoms. The fourth-order valence-corrected chi connectivity index (χ4v) is 1.61. The van der Waals surface area contributed by atoms with E-state index in [4.69, 9.17) is 22.1 Å².